The summed E-state index contributed by atoms with van der Waals surface area (Å²) in [5, 5.41) is 0. The molecule has 1 heteroatoms. The van der Waals surface area contributed by atoms with Crippen LogP contribution in [0.15, 0.2) is 48.5 Å². The molecule has 110 valence electrons. The Morgan fingerprint density at radius 3 is 2.29 bits per heavy atom. The van der Waals surface area contributed by atoms with Gasteiger partial charge in [-0.3, -0.25) is 0 Å². The molecule has 3 rings (SSSR count). The average molecular weight is 279 g/mol. The van der Waals surface area contributed by atoms with Crippen molar-refractivity contribution < 1.29 is 0 Å². The number of rotatable bonds is 1. The first-order valence-corrected chi connectivity index (χ1v) is 7.89. The van der Waals surface area contributed by atoms with Crippen LogP contribution in [0, 0.1) is 0 Å². The van der Waals surface area contributed by atoms with Gasteiger partial charge in [-0.05, 0) is 46.9 Å². The van der Waals surface area contributed by atoms with Gasteiger partial charge in [-0.25, -0.2) is 0 Å². The molecule has 0 aliphatic heterocycles. The van der Waals surface area contributed by atoms with E-state index in [-0.39, 0.29) is 11.0 Å². The fourth-order valence-electron chi connectivity index (χ4n) is 3.43. The minimum absolute atomic E-state index is 0.185. The third-order valence-electron chi connectivity index (χ3n) is 4.78. The van der Waals surface area contributed by atoms with E-state index in [1.807, 2.05) is 0 Å². The quantitative estimate of drug-likeness (QED) is 0.816. The van der Waals surface area contributed by atoms with Crippen molar-refractivity contribution in [3.05, 3.63) is 70.8 Å². The molecule has 1 atom stereocenters. The molecule has 0 amide bonds. The van der Waals surface area contributed by atoms with Crippen molar-refractivity contribution in [2.75, 3.05) is 0 Å². The minimum Gasteiger partial charge on any atom is -0.318 e. The Morgan fingerprint density at radius 1 is 0.952 bits per heavy atom. The van der Waals surface area contributed by atoms with Crippen molar-refractivity contribution in [3.8, 4) is 0 Å². The van der Waals surface area contributed by atoms with Gasteiger partial charge in [0, 0.05) is 0 Å². The van der Waals surface area contributed by atoms with Crippen LogP contribution >= 0.6 is 0 Å². The molecular formula is C20H25N. The van der Waals surface area contributed by atoms with Crippen molar-refractivity contribution in [2.24, 2.45) is 5.73 Å². The summed E-state index contributed by atoms with van der Waals surface area (Å²) < 4.78 is 0. The number of benzene rings is 2. The molecule has 0 fully saturated rings. The Bertz CT molecular complexity index is 634. The van der Waals surface area contributed by atoms with Gasteiger partial charge in [0.1, 0.15) is 0 Å². The largest absolute Gasteiger partial charge is 0.318 e. The summed E-state index contributed by atoms with van der Waals surface area (Å²) in [5.74, 6) is 0. The first-order valence-electron chi connectivity index (χ1n) is 7.89. The minimum atomic E-state index is -0.328. The summed E-state index contributed by atoms with van der Waals surface area (Å²) in [5.41, 5.74) is 12.0. The lowest BCUT2D eigenvalue weighted by Crippen LogP contribution is -2.41. The molecule has 1 aliphatic rings. The second-order valence-electron chi connectivity index (χ2n) is 7.31. The maximum Gasteiger partial charge on any atom is 0.0668 e. The molecule has 0 aromatic heterocycles. The predicted molar refractivity (Wildman–Crippen MR) is 89.5 cm³/mol. The normalized spacial score (nSPS) is 21.9. The second-order valence-corrected chi connectivity index (χ2v) is 7.31. The summed E-state index contributed by atoms with van der Waals surface area (Å²) in [4.78, 5) is 0. The zero-order valence-electron chi connectivity index (χ0n) is 13.3. The Labute approximate surface area is 128 Å². The lowest BCUT2D eigenvalue weighted by Gasteiger charge is -2.36. The van der Waals surface area contributed by atoms with Gasteiger partial charge in [0.2, 0.25) is 0 Å². The Hall–Kier alpha value is -1.60. The molecule has 2 aromatic carbocycles. The molecule has 21 heavy (non-hydrogen) atoms. The topological polar surface area (TPSA) is 26.0 Å². The smallest absolute Gasteiger partial charge is 0.0668 e. The molecule has 0 bridgehead atoms. The highest BCUT2D eigenvalue weighted by molar-refractivity contribution is 5.45. The molecule has 1 nitrogen and oxygen atoms in total. The van der Waals surface area contributed by atoms with Crippen LogP contribution in [0.25, 0.3) is 0 Å². The molecule has 0 spiro atoms. The zero-order valence-corrected chi connectivity index (χ0v) is 13.3. The highest BCUT2D eigenvalue weighted by Crippen LogP contribution is 2.39. The summed E-state index contributed by atoms with van der Waals surface area (Å²) >= 11 is 0. The third kappa shape index (κ3) is 2.51. The first-order chi connectivity index (χ1) is 9.91. The SMILES string of the molecule is CC(C)(C)c1ccc(C2(N)CCCc3ccccc32)cc1. The monoisotopic (exact) mass is 279 g/mol. The van der Waals surface area contributed by atoms with Crippen LogP contribution in [0.1, 0.15) is 55.9 Å². The fraction of sp³-hybridized carbons (Fsp3) is 0.400. The van der Waals surface area contributed by atoms with E-state index in [9.17, 15) is 0 Å². The maximum absolute atomic E-state index is 6.85. The van der Waals surface area contributed by atoms with Crippen molar-refractivity contribution in [1.82, 2.24) is 0 Å². The van der Waals surface area contributed by atoms with E-state index >= 15 is 0 Å². The molecule has 2 aromatic rings. The lowest BCUT2D eigenvalue weighted by atomic mass is 9.72. The van der Waals surface area contributed by atoms with E-state index in [1.54, 1.807) is 0 Å². The molecule has 1 aliphatic carbocycles. The highest BCUT2D eigenvalue weighted by Gasteiger charge is 2.34. The molecule has 0 heterocycles. The van der Waals surface area contributed by atoms with Gasteiger partial charge in [0.15, 0.2) is 0 Å². The summed E-state index contributed by atoms with van der Waals surface area (Å²) in [6, 6.07) is 17.6. The van der Waals surface area contributed by atoms with Crippen LogP contribution in [-0.4, -0.2) is 0 Å². The van der Waals surface area contributed by atoms with Crippen molar-refractivity contribution in [1.29, 1.82) is 0 Å². The molecular weight excluding hydrogens is 254 g/mol. The number of hydrogen-bond acceptors (Lipinski definition) is 1. The Balaban J connectivity index is 2.04. The zero-order chi connectivity index (χ0) is 15.1. The average Bonchev–Trinajstić information content (AvgIpc) is 2.47. The van der Waals surface area contributed by atoms with Crippen molar-refractivity contribution in [3.63, 3.8) is 0 Å². The van der Waals surface area contributed by atoms with Gasteiger partial charge >= 0.3 is 0 Å². The third-order valence-corrected chi connectivity index (χ3v) is 4.78. The van der Waals surface area contributed by atoms with E-state index < -0.39 is 0 Å². The van der Waals surface area contributed by atoms with Gasteiger partial charge < -0.3 is 5.73 Å². The summed E-state index contributed by atoms with van der Waals surface area (Å²) in [6.45, 7) is 6.74. The highest BCUT2D eigenvalue weighted by atomic mass is 14.8. The van der Waals surface area contributed by atoms with Crippen molar-refractivity contribution >= 4 is 0 Å². The first kappa shape index (κ1) is 14.3. The van der Waals surface area contributed by atoms with E-state index in [2.05, 4.69) is 69.3 Å². The number of nitrogens with two attached hydrogens (primary N) is 1. The molecule has 0 saturated carbocycles. The van der Waals surface area contributed by atoms with Gasteiger partial charge in [-0.15, -0.1) is 0 Å². The van der Waals surface area contributed by atoms with E-state index in [0.29, 0.717) is 0 Å². The van der Waals surface area contributed by atoms with Crippen molar-refractivity contribution in [2.45, 2.75) is 51.0 Å². The van der Waals surface area contributed by atoms with Gasteiger partial charge in [0.25, 0.3) is 0 Å². The van der Waals surface area contributed by atoms with Crippen LogP contribution in [-0.2, 0) is 17.4 Å². The number of hydrogen-bond donors (Lipinski definition) is 1. The van der Waals surface area contributed by atoms with Crippen LogP contribution in [0.4, 0.5) is 0 Å². The van der Waals surface area contributed by atoms with Gasteiger partial charge in [-0.1, -0.05) is 69.3 Å². The predicted octanol–water partition coefficient (Wildman–Crippen LogP) is 4.52. The van der Waals surface area contributed by atoms with Gasteiger partial charge in [0.05, 0.1) is 5.54 Å². The Kier molecular flexibility index (Phi) is 3.41. The van der Waals surface area contributed by atoms with Gasteiger partial charge in [-0.2, -0.15) is 0 Å². The van der Waals surface area contributed by atoms with E-state index in [1.165, 1.54) is 22.3 Å². The van der Waals surface area contributed by atoms with E-state index in [4.69, 9.17) is 5.73 Å². The molecule has 0 saturated heterocycles. The van der Waals surface area contributed by atoms with Crippen LogP contribution in [0.3, 0.4) is 0 Å². The van der Waals surface area contributed by atoms with E-state index in [0.717, 1.165) is 19.3 Å². The van der Waals surface area contributed by atoms with Crippen LogP contribution < -0.4 is 5.73 Å². The summed E-state index contributed by atoms with van der Waals surface area (Å²) in [7, 11) is 0. The number of aryl methyl sites for hydroxylation is 1. The van der Waals surface area contributed by atoms with Crippen LogP contribution in [0.5, 0.6) is 0 Å². The molecule has 0 radical (unpaired) electrons. The second kappa shape index (κ2) is 4.99. The maximum atomic E-state index is 6.85. The summed E-state index contributed by atoms with van der Waals surface area (Å²) in [6.07, 6.45) is 3.34. The molecule has 2 N–H and O–H groups in total. The van der Waals surface area contributed by atoms with Crippen LogP contribution in [0.2, 0.25) is 0 Å². The number of fused-ring (bicyclic) bond motifs is 1. The fourth-order valence-corrected chi connectivity index (χ4v) is 3.43. The lowest BCUT2D eigenvalue weighted by molar-refractivity contribution is 0.442. The molecule has 1 unspecified atom stereocenters. The standard InChI is InChI=1S/C20H25N/c1-19(2,3)16-10-12-17(13-11-16)20(21)14-6-8-15-7-4-5-9-18(15)20/h4-5,7,9-13H,6,8,14,21H2,1-3H3. The Morgan fingerprint density at radius 2 is 1.62 bits per heavy atom.